The lowest BCUT2D eigenvalue weighted by Crippen LogP contribution is -2.45. The number of benzene rings is 1. The first-order chi connectivity index (χ1) is 11.5. The van der Waals surface area contributed by atoms with E-state index in [1.54, 1.807) is 25.1 Å². The number of nitrogens with one attached hydrogen (secondary N) is 2. The number of para-hydroxylation sites is 1. The summed E-state index contributed by atoms with van der Waals surface area (Å²) in [4.78, 5) is 24.3. The summed E-state index contributed by atoms with van der Waals surface area (Å²) in [7, 11) is 3.01. The van der Waals surface area contributed by atoms with E-state index >= 15 is 0 Å². The van der Waals surface area contributed by atoms with Gasteiger partial charge < -0.3 is 24.8 Å². The van der Waals surface area contributed by atoms with Crippen molar-refractivity contribution in [2.45, 2.75) is 13.0 Å². The van der Waals surface area contributed by atoms with Gasteiger partial charge in [-0.3, -0.25) is 0 Å². The van der Waals surface area contributed by atoms with Crippen LogP contribution in [-0.2, 0) is 9.53 Å². The Bertz CT molecular complexity index is 696. The van der Waals surface area contributed by atoms with Crippen molar-refractivity contribution < 1.29 is 23.8 Å². The molecule has 1 aromatic rings. The van der Waals surface area contributed by atoms with E-state index in [0.717, 1.165) is 0 Å². The Morgan fingerprint density at radius 2 is 2.08 bits per heavy atom. The molecule has 7 heteroatoms. The highest BCUT2D eigenvalue weighted by atomic mass is 16.5. The van der Waals surface area contributed by atoms with Gasteiger partial charge in [0.15, 0.2) is 11.5 Å². The van der Waals surface area contributed by atoms with Crippen LogP contribution in [0.15, 0.2) is 42.1 Å². The van der Waals surface area contributed by atoms with Crippen LogP contribution in [0.5, 0.6) is 11.5 Å². The summed E-state index contributed by atoms with van der Waals surface area (Å²) < 4.78 is 15.8. The third-order valence-electron chi connectivity index (χ3n) is 3.57. The lowest BCUT2D eigenvalue weighted by molar-refractivity contribution is -0.138. The molecule has 0 spiro atoms. The second-order valence-electron chi connectivity index (χ2n) is 5.04. The molecule has 24 heavy (non-hydrogen) atoms. The van der Waals surface area contributed by atoms with Crippen molar-refractivity contribution in [2.24, 2.45) is 0 Å². The fourth-order valence-electron chi connectivity index (χ4n) is 2.55. The van der Waals surface area contributed by atoms with E-state index in [1.807, 2.05) is 0 Å². The van der Waals surface area contributed by atoms with Gasteiger partial charge in [-0.1, -0.05) is 24.8 Å². The minimum atomic E-state index is -0.721. The fourth-order valence-corrected chi connectivity index (χ4v) is 2.55. The van der Waals surface area contributed by atoms with E-state index in [9.17, 15) is 9.59 Å². The van der Waals surface area contributed by atoms with Crippen LogP contribution in [-0.4, -0.2) is 32.8 Å². The summed E-state index contributed by atoms with van der Waals surface area (Å²) >= 11 is 0. The molecule has 128 valence electrons. The maximum Gasteiger partial charge on any atom is 0.338 e. The van der Waals surface area contributed by atoms with Crippen LogP contribution in [0.3, 0.4) is 0 Å². The van der Waals surface area contributed by atoms with E-state index in [0.29, 0.717) is 28.3 Å². The second-order valence-corrected chi connectivity index (χ2v) is 5.04. The minimum Gasteiger partial charge on any atom is -0.493 e. The first-order valence-corrected chi connectivity index (χ1v) is 7.30. The van der Waals surface area contributed by atoms with Gasteiger partial charge in [0.1, 0.15) is 6.61 Å². The van der Waals surface area contributed by atoms with Crippen molar-refractivity contribution in [3.8, 4) is 11.5 Å². The lowest BCUT2D eigenvalue weighted by atomic mass is 9.94. The van der Waals surface area contributed by atoms with Crippen molar-refractivity contribution in [3.63, 3.8) is 0 Å². The highest BCUT2D eigenvalue weighted by molar-refractivity contribution is 5.95. The van der Waals surface area contributed by atoms with E-state index in [4.69, 9.17) is 14.2 Å². The van der Waals surface area contributed by atoms with E-state index < -0.39 is 18.0 Å². The van der Waals surface area contributed by atoms with Crippen LogP contribution in [0.25, 0.3) is 0 Å². The molecule has 7 nitrogen and oxygen atoms in total. The number of carbonyl (C=O) groups is 2. The predicted octanol–water partition coefficient (Wildman–Crippen LogP) is 2.06. The molecule has 2 amide bonds. The SMILES string of the molecule is C=CCOC(=O)C1=C(C)NC(=O)N[C@H]1c1cccc(OC)c1OC. The van der Waals surface area contributed by atoms with Gasteiger partial charge in [0.2, 0.25) is 0 Å². The maximum atomic E-state index is 12.4. The molecule has 0 aliphatic carbocycles. The summed E-state index contributed by atoms with van der Waals surface area (Å²) in [5, 5.41) is 5.31. The number of carbonyl (C=O) groups excluding carboxylic acids is 2. The van der Waals surface area contributed by atoms with Crippen molar-refractivity contribution in [1.29, 1.82) is 0 Å². The normalized spacial score (nSPS) is 16.8. The molecule has 2 rings (SSSR count). The Hall–Kier alpha value is -2.96. The Labute approximate surface area is 140 Å². The molecular formula is C17H20N2O5. The summed E-state index contributed by atoms with van der Waals surface area (Å²) in [5.74, 6) is 0.392. The minimum absolute atomic E-state index is 0.0749. The molecule has 1 aliphatic heterocycles. The monoisotopic (exact) mass is 332 g/mol. The van der Waals surface area contributed by atoms with Gasteiger partial charge in [-0.15, -0.1) is 0 Å². The summed E-state index contributed by atoms with van der Waals surface area (Å²) in [6.45, 7) is 5.24. The van der Waals surface area contributed by atoms with Crippen LogP contribution >= 0.6 is 0 Å². The third-order valence-corrected chi connectivity index (χ3v) is 3.57. The molecule has 1 atom stereocenters. The molecular weight excluding hydrogens is 312 g/mol. The van der Waals surface area contributed by atoms with E-state index in [-0.39, 0.29) is 6.61 Å². The molecule has 1 heterocycles. The maximum absolute atomic E-state index is 12.4. The van der Waals surface area contributed by atoms with Crippen molar-refractivity contribution in [2.75, 3.05) is 20.8 Å². The lowest BCUT2D eigenvalue weighted by Gasteiger charge is -2.29. The van der Waals surface area contributed by atoms with Gasteiger partial charge in [-0.2, -0.15) is 0 Å². The van der Waals surface area contributed by atoms with Gasteiger partial charge in [-0.25, -0.2) is 9.59 Å². The van der Waals surface area contributed by atoms with E-state index in [1.165, 1.54) is 20.3 Å². The van der Waals surface area contributed by atoms with Crippen LogP contribution < -0.4 is 20.1 Å². The third kappa shape index (κ3) is 3.34. The largest absolute Gasteiger partial charge is 0.493 e. The van der Waals surface area contributed by atoms with Crippen molar-refractivity contribution in [3.05, 3.63) is 47.7 Å². The standard InChI is InChI=1S/C17H20N2O5/c1-5-9-24-16(20)13-10(2)18-17(21)19-14(13)11-7-6-8-12(22-3)15(11)23-4/h5-8,14H,1,9H2,2-4H3,(H2,18,19,21)/t14-/m0/s1. The molecule has 2 N–H and O–H groups in total. The molecule has 1 aromatic carbocycles. The van der Waals surface area contributed by atoms with Crippen LogP contribution in [0.4, 0.5) is 4.79 Å². The molecule has 0 saturated carbocycles. The molecule has 0 fully saturated rings. The van der Waals surface area contributed by atoms with Gasteiger partial charge in [0, 0.05) is 11.3 Å². The van der Waals surface area contributed by atoms with Gasteiger partial charge in [0.05, 0.1) is 25.8 Å². The topological polar surface area (TPSA) is 85.9 Å². The number of allylic oxidation sites excluding steroid dienone is 1. The zero-order valence-corrected chi connectivity index (χ0v) is 13.8. The predicted molar refractivity (Wildman–Crippen MR) is 87.8 cm³/mol. The number of rotatable bonds is 6. The molecule has 0 bridgehead atoms. The highest BCUT2D eigenvalue weighted by Gasteiger charge is 2.34. The fraction of sp³-hybridized carbons (Fsp3) is 0.294. The van der Waals surface area contributed by atoms with Gasteiger partial charge in [-0.05, 0) is 13.0 Å². The van der Waals surface area contributed by atoms with Gasteiger partial charge >= 0.3 is 12.0 Å². The molecule has 1 aliphatic rings. The first-order valence-electron chi connectivity index (χ1n) is 7.30. The number of hydrogen-bond acceptors (Lipinski definition) is 5. The molecule has 0 saturated heterocycles. The Morgan fingerprint density at radius 1 is 1.33 bits per heavy atom. The van der Waals surface area contributed by atoms with Crippen LogP contribution in [0.2, 0.25) is 0 Å². The number of urea groups is 1. The zero-order chi connectivity index (χ0) is 17.7. The number of amides is 2. The van der Waals surface area contributed by atoms with Crippen LogP contribution in [0, 0.1) is 0 Å². The average Bonchev–Trinajstić information content (AvgIpc) is 2.58. The molecule has 0 unspecified atom stereocenters. The Balaban J connectivity index is 2.53. The molecule has 0 aromatic heterocycles. The summed E-state index contributed by atoms with van der Waals surface area (Å²) in [5.41, 5.74) is 1.31. The highest BCUT2D eigenvalue weighted by Crippen LogP contribution is 2.38. The smallest absolute Gasteiger partial charge is 0.338 e. The Morgan fingerprint density at radius 3 is 2.71 bits per heavy atom. The second kappa shape index (κ2) is 7.54. The van der Waals surface area contributed by atoms with Crippen LogP contribution in [0.1, 0.15) is 18.5 Å². The Kier molecular flexibility index (Phi) is 5.47. The summed E-state index contributed by atoms with van der Waals surface area (Å²) in [6, 6.07) is 4.11. The number of esters is 1. The van der Waals surface area contributed by atoms with E-state index in [2.05, 4.69) is 17.2 Å². The number of hydrogen-bond donors (Lipinski definition) is 2. The van der Waals surface area contributed by atoms with Gasteiger partial charge in [0.25, 0.3) is 0 Å². The average molecular weight is 332 g/mol. The number of methoxy groups -OCH3 is 2. The van der Waals surface area contributed by atoms with Crippen molar-refractivity contribution in [1.82, 2.24) is 10.6 Å². The molecule has 0 radical (unpaired) electrons. The summed E-state index contributed by atoms with van der Waals surface area (Å²) in [6.07, 6.45) is 1.48. The zero-order valence-electron chi connectivity index (χ0n) is 13.8. The quantitative estimate of drug-likeness (QED) is 0.615. The van der Waals surface area contributed by atoms with Crippen molar-refractivity contribution >= 4 is 12.0 Å². The first kappa shape index (κ1) is 17.4. The number of ether oxygens (including phenoxy) is 3.